The zero-order chi connectivity index (χ0) is 25.2. The van der Waals surface area contributed by atoms with Gasteiger partial charge in [0.05, 0.1) is 24.8 Å². The second-order valence-electron chi connectivity index (χ2n) is 10.0. The molecule has 3 fully saturated rings. The molecule has 5 rings (SSSR count). The van der Waals surface area contributed by atoms with E-state index in [-0.39, 0.29) is 11.3 Å². The zero-order valence-corrected chi connectivity index (χ0v) is 20.6. The fourth-order valence-corrected chi connectivity index (χ4v) is 5.71. The van der Waals surface area contributed by atoms with Gasteiger partial charge in [0, 0.05) is 6.04 Å². The highest BCUT2D eigenvalue weighted by molar-refractivity contribution is 7.53. The van der Waals surface area contributed by atoms with Gasteiger partial charge in [-0.15, -0.1) is 0 Å². The molecule has 2 aliphatic carbocycles. The second-order valence-corrected chi connectivity index (χ2v) is 12.4. The van der Waals surface area contributed by atoms with Gasteiger partial charge in [-0.25, -0.2) is 4.68 Å². The fraction of sp³-hybridized carbons (Fsp3) is 0.750. The molecule has 0 radical (unpaired) electrons. The summed E-state index contributed by atoms with van der Waals surface area (Å²) in [6.07, 6.45) is 2.24. The molecule has 194 valence electrons. The first-order chi connectivity index (χ1) is 16.5. The zero-order valence-electron chi connectivity index (χ0n) is 19.0. The van der Waals surface area contributed by atoms with Crippen LogP contribution < -0.4 is 5.32 Å². The van der Waals surface area contributed by atoms with E-state index < -0.39 is 50.7 Å². The molecule has 3 heterocycles. The van der Waals surface area contributed by atoms with Gasteiger partial charge >= 0.3 is 7.60 Å². The molecule has 1 saturated heterocycles. The predicted octanol–water partition coefficient (Wildman–Crippen LogP) is 0.746. The number of anilines is 1. The highest BCUT2D eigenvalue weighted by Crippen LogP contribution is 2.56. The van der Waals surface area contributed by atoms with E-state index >= 15 is 0 Å². The summed E-state index contributed by atoms with van der Waals surface area (Å²) >= 11 is 6.18. The van der Waals surface area contributed by atoms with Crippen LogP contribution in [0.25, 0.3) is 11.0 Å². The Hall–Kier alpha value is -1.41. The van der Waals surface area contributed by atoms with Crippen molar-refractivity contribution in [3.05, 3.63) is 11.5 Å². The maximum Gasteiger partial charge on any atom is 0.359 e. The Labute approximate surface area is 205 Å². The number of aliphatic hydroxyl groups excluding tert-OH is 3. The summed E-state index contributed by atoms with van der Waals surface area (Å²) in [7, 11) is -4.83. The molecule has 3 aliphatic rings. The van der Waals surface area contributed by atoms with Crippen molar-refractivity contribution in [1.29, 1.82) is 0 Å². The van der Waals surface area contributed by atoms with Gasteiger partial charge in [-0.2, -0.15) is 15.1 Å². The minimum Gasteiger partial charge on any atom is -0.393 e. The summed E-state index contributed by atoms with van der Waals surface area (Å²) in [6, 6.07) is 0.277. The highest BCUT2D eigenvalue weighted by atomic mass is 35.5. The van der Waals surface area contributed by atoms with E-state index in [1.165, 1.54) is 30.1 Å². The summed E-state index contributed by atoms with van der Waals surface area (Å²) in [5, 5.41) is 36.6. The number of nitrogens with one attached hydrogen (secondary N) is 1. The SMILES string of the molecule is C[C@](CO)(OC[C@H]1O[C@@H](n2ncc3c(NC4CC5(CCC5)C4)nc(Cl)nc32)[C@H](O)[C@@H]1O)P(=O)(O)O. The number of fused-ring (bicyclic) bond motifs is 1. The molecule has 2 aromatic rings. The van der Waals surface area contributed by atoms with Gasteiger partial charge in [-0.05, 0) is 49.6 Å². The summed E-state index contributed by atoms with van der Waals surface area (Å²) in [5.74, 6) is 0.527. The van der Waals surface area contributed by atoms with E-state index in [0.29, 0.717) is 22.3 Å². The van der Waals surface area contributed by atoms with Crippen LogP contribution in [0, 0.1) is 5.41 Å². The lowest BCUT2D eigenvalue weighted by Gasteiger charge is -2.54. The quantitative estimate of drug-likeness (QED) is 0.206. The van der Waals surface area contributed by atoms with E-state index in [9.17, 15) is 29.7 Å². The minimum atomic E-state index is -4.83. The maximum absolute atomic E-state index is 11.7. The Bertz CT molecular complexity index is 1150. The lowest BCUT2D eigenvalue weighted by Crippen LogP contribution is -2.49. The normalized spacial score (nSPS) is 30.3. The fourth-order valence-electron chi connectivity index (χ4n) is 5.11. The third-order valence-electron chi connectivity index (χ3n) is 7.59. The van der Waals surface area contributed by atoms with Gasteiger partial charge < -0.3 is 39.9 Å². The van der Waals surface area contributed by atoms with E-state index in [1.54, 1.807) is 0 Å². The first-order valence-corrected chi connectivity index (χ1v) is 13.4. The Morgan fingerprint density at radius 3 is 2.63 bits per heavy atom. The van der Waals surface area contributed by atoms with Crippen LogP contribution in [0.3, 0.4) is 0 Å². The topological polar surface area (TPSA) is 192 Å². The number of rotatable bonds is 8. The van der Waals surface area contributed by atoms with Crippen molar-refractivity contribution in [1.82, 2.24) is 19.7 Å². The van der Waals surface area contributed by atoms with Gasteiger partial charge in [-0.3, -0.25) is 4.57 Å². The molecule has 0 aromatic carbocycles. The lowest BCUT2D eigenvalue weighted by molar-refractivity contribution is -0.104. The first-order valence-electron chi connectivity index (χ1n) is 11.4. The standard InChI is InChI=1S/C20H29ClN5O8P/c1-19(9-27,35(30,31)32)33-8-12-13(28)14(29)17(34-12)26-16-11(7-22-26)15(24-18(21)25-16)23-10-5-20(6-10)3-2-4-20/h7,10,12-14,17,27-29H,2-6,8-9H2,1H3,(H,23,24,25)(H2,30,31,32)/t12-,13-,14-,17-,19+/m1/s1. The molecule has 15 heteroatoms. The number of aromatic nitrogens is 4. The number of aliphatic hydroxyl groups is 3. The molecule has 1 aliphatic heterocycles. The van der Waals surface area contributed by atoms with Crippen LogP contribution in [0.2, 0.25) is 5.28 Å². The van der Waals surface area contributed by atoms with Crippen molar-refractivity contribution in [3.63, 3.8) is 0 Å². The molecule has 5 atom stereocenters. The maximum atomic E-state index is 11.7. The van der Waals surface area contributed by atoms with Crippen molar-refractivity contribution < 1.29 is 39.1 Å². The lowest BCUT2D eigenvalue weighted by atomic mass is 9.54. The van der Waals surface area contributed by atoms with Crippen LogP contribution in [0.1, 0.15) is 45.3 Å². The average Bonchev–Trinajstić information content (AvgIpc) is 3.27. The number of nitrogens with zero attached hydrogens (tertiary/aromatic N) is 4. The Morgan fingerprint density at radius 1 is 1.31 bits per heavy atom. The van der Waals surface area contributed by atoms with Gasteiger partial charge in [0.2, 0.25) is 5.28 Å². The summed E-state index contributed by atoms with van der Waals surface area (Å²) in [4.78, 5) is 27.5. The molecule has 13 nitrogen and oxygen atoms in total. The summed E-state index contributed by atoms with van der Waals surface area (Å²) < 4.78 is 23.9. The average molecular weight is 534 g/mol. The van der Waals surface area contributed by atoms with Crippen LogP contribution in [-0.4, -0.2) is 87.8 Å². The van der Waals surface area contributed by atoms with Gasteiger partial charge in [0.15, 0.2) is 17.2 Å². The molecule has 0 bridgehead atoms. The number of halogens is 1. The minimum absolute atomic E-state index is 0.0206. The first kappa shape index (κ1) is 25.2. The Morgan fingerprint density at radius 2 is 2.03 bits per heavy atom. The van der Waals surface area contributed by atoms with Crippen molar-refractivity contribution in [2.45, 2.75) is 75.0 Å². The summed E-state index contributed by atoms with van der Waals surface area (Å²) in [5.41, 5.74) is 0.761. The Kier molecular flexibility index (Phi) is 6.39. The number of ether oxygens (including phenoxy) is 2. The third kappa shape index (κ3) is 4.36. The van der Waals surface area contributed by atoms with Crippen molar-refractivity contribution in [2.75, 3.05) is 18.5 Å². The largest absolute Gasteiger partial charge is 0.393 e. The predicted molar refractivity (Wildman–Crippen MR) is 123 cm³/mol. The van der Waals surface area contributed by atoms with Crippen LogP contribution in [-0.2, 0) is 14.0 Å². The third-order valence-corrected chi connectivity index (χ3v) is 9.26. The monoisotopic (exact) mass is 533 g/mol. The van der Waals surface area contributed by atoms with E-state index in [4.69, 9.17) is 21.1 Å². The molecule has 2 saturated carbocycles. The van der Waals surface area contributed by atoms with Gasteiger partial charge in [-0.1, -0.05) is 6.42 Å². The molecule has 2 aromatic heterocycles. The van der Waals surface area contributed by atoms with Crippen molar-refractivity contribution in [3.8, 4) is 0 Å². The van der Waals surface area contributed by atoms with Crippen LogP contribution in [0.5, 0.6) is 0 Å². The molecular weight excluding hydrogens is 505 g/mol. The summed E-state index contributed by atoms with van der Waals surface area (Å²) in [6.45, 7) is -0.405. The van der Waals surface area contributed by atoms with Gasteiger partial charge in [0.25, 0.3) is 0 Å². The van der Waals surface area contributed by atoms with E-state index in [0.717, 1.165) is 19.8 Å². The number of hydrogen-bond acceptors (Lipinski definition) is 10. The molecule has 0 amide bonds. The highest BCUT2D eigenvalue weighted by Gasteiger charge is 2.50. The van der Waals surface area contributed by atoms with Crippen LogP contribution >= 0.6 is 19.2 Å². The van der Waals surface area contributed by atoms with E-state index in [2.05, 4.69) is 20.4 Å². The molecule has 6 N–H and O–H groups in total. The van der Waals surface area contributed by atoms with Crippen molar-refractivity contribution >= 4 is 36.0 Å². The molecule has 35 heavy (non-hydrogen) atoms. The van der Waals surface area contributed by atoms with Gasteiger partial charge in [0.1, 0.15) is 24.1 Å². The molecule has 0 unspecified atom stereocenters. The van der Waals surface area contributed by atoms with Crippen molar-refractivity contribution in [2.24, 2.45) is 5.41 Å². The second kappa shape index (κ2) is 8.86. The number of hydrogen-bond donors (Lipinski definition) is 6. The Balaban J connectivity index is 1.33. The van der Waals surface area contributed by atoms with Crippen LogP contribution in [0.15, 0.2) is 6.20 Å². The molecule has 1 spiro atoms. The van der Waals surface area contributed by atoms with Crippen LogP contribution in [0.4, 0.5) is 5.82 Å². The molecular formula is C20H29ClN5O8P. The smallest absolute Gasteiger partial charge is 0.359 e. The van der Waals surface area contributed by atoms with E-state index in [1.807, 2.05) is 0 Å².